The highest BCUT2D eigenvalue weighted by Gasteiger charge is 2.19. The van der Waals surface area contributed by atoms with E-state index in [2.05, 4.69) is 0 Å². The molecule has 0 unspecified atom stereocenters. The van der Waals surface area contributed by atoms with Gasteiger partial charge in [0.25, 0.3) is 5.91 Å². The molecule has 2 rings (SSSR count). The number of hydrogen-bond acceptors (Lipinski definition) is 4. The molecule has 0 spiro atoms. The molecule has 0 aliphatic heterocycles. The zero-order valence-corrected chi connectivity index (χ0v) is 13.8. The van der Waals surface area contributed by atoms with E-state index in [4.69, 9.17) is 4.74 Å². The third-order valence-corrected chi connectivity index (χ3v) is 3.55. The number of phenols is 1. The zero-order chi connectivity index (χ0) is 17.5. The predicted octanol–water partition coefficient (Wildman–Crippen LogP) is 2.99. The van der Waals surface area contributed by atoms with Crippen LogP contribution in [0.15, 0.2) is 54.6 Å². The first-order valence-corrected chi connectivity index (χ1v) is 7.77. The number of nitrogens with zero attached hydrogens (tertiary/aromatic N) is 1. The van der Waals surface area contributed by atoms with Gasteiger partial charge in [0.1, 0.15) is 5.75 Å². The summed E-state index contributed by atoms with van der Waals surface area (Å²) in [5, 5.41) is 9.38. The predicted molar refractivity (Wildman–Crippen MR) is 90.5 cm³/mol. The van der Waals surface area contributed by atoms with Gasteiger partial charge in [0.15, 0.2) is 6.61 Å². The van der Waals surface area contributed by atoms with Crippen LogP contribution in [0.5, 0.6) is 5.75 Å². The molecule has 0 atom stereocenters. The van der Waals surface area contributed by atoms with Crippen molar-refractivity contribution in [2.45, 2.75) is 26.4 Å². The van der Waals surface area contributed by atoms with E-state index in [0.29, 0.717) is 6.54 Å². The van der Waals surface area contributed by atoms with Gasteiger partial charge in [-0.3, -0.25) is 4.79 Å². The maximum atomic E-state index is 12.4. The van der Waals surface area contributed by atoms with Crippen molar-refractivity contribution in [3.05, 3.63) is 65.7 Å². The van der Waals surface area contributed by atoms with Crippen LogP contribution in [0.3, 0.4) is 0 Å². The number of esters is 1. The molecular formula is C19H21NO4. The van der Waals surface area contributed by atoms with Gasteiger partial charge < -0.3 is 14.7 Å². The van der Waals surface area contributed by atoms with Crippen LogP contribution in [0.4, 0.5) is 0 Å². The molecule has 24 heavy (non-hydrogen) atoms. The van der Waals surface area contributed by atoms with E-state index in [1.807, 2.05) is 44.2 Å². The van der Waals surface area contributed by atoms with Gasteiger partial charge >= 0.3 is 5.97 Å². The Labute approximate surface area is 141 Å². The van der Waals surface area contributed by atoms with Crippen molar-refractivity contribution >= 4 is 11.9 Å². The van der Waals surface area contributed by atoms with Gasteiger partial charge in [-0.05, 0) is 37.6 Å². The van der Waals surface area contributed by atoms with Crippen LogP contribution in [-0.4, -0.2) is 34.5 Å². The second-order valence-corrected chi connectivity index (χ2v) is 5.73. The Bertz CT molecular complexity index is 698. The molecule has 0 heterocycles. The van der Waals surface area contributed by atoms with E-state index in [0.717, 1.165) is 5.56 Å². The first-order chi connectivity index (χ1) is 11.5. The fourth-order valence-electron chi connectivity index (χ4n) is 2.27. The summed E-state index contributed by atoms with van der Waals surface area (Å²) in [6, 6.07) is 15.5. The van der Waals surface area contributed by atoms with E-state index in [1.54, 1.807) is 11.0 Å². The third kappa shape index (κ3) is 4.84. The smallest absolute Gasteiger partial charge is 0.338 e. The number of benzene rings is 2. The summed E-state index contributed by atoms with van der Waals surface area (Å²) in [7, 11) is 0. The number of hydrogen-bond donors (Lipinski definition) is 1. The molecule has 0 aliphatic carbocycles. The van der Waals surface area contributed by atoms with Gasteiger partial charge in [-0.25, -0.2) is 4.79 Å². The standard InChI is InChI=1S/C19H21NO4/c1-14(2)20(12-15-7-4-3-5-8-15)18(22)13-24-19(23)16-9-6-10-17(21)11-16/h3-11,14,21H,12-13H2,1-2H3. The maximum absolute atomic E-state index is 12.4. The molecule has 0 radical (unpaired) electrons. The Morgan fingerprint density at radius 1 is 1.08 bits per heavy atom. The molecule has 0 saturated carbocycles. The van der Waals surface area contributed by atoms with E-state index >= 15 is 0 Å². The number of carbonyl (C=O) groups excluding carboxylic acids is 2. The van der Waals surface area contributed by atoms with Crippen molar-refractivity contribution in [1.82, 2.24) is 4.90 Å². The van der Waals surface area contributed by atoms with Crippen LogP contribution in [0.2, 0.25) is 0 Å². The largest absolute Gasteiger partial charge is 0.508 e. The summed E-state index contributed by atoms with van der Waals surface area (Å²) in [5.74, 6) is -0.923. The second-order valence-electron chi connectivity index (χ2n) is 5.73. The molecule has 5 heteroatoms. The molecule has 0 saturated heterocycles. The minimum absolute atomic E-state index is 0.0165. The van der Waals surface area contributed by atoms with E-state index < -0.39 is 5.97 Å². The fraction of sp³-hybridized carbons (Fsp3) is 0.263. The first-order valence-electron chi connectivity index (χ1n) is 7.77. The Balaban J connectivity index is 1.97. The highest BCUT2D eigenvalue weighted by atomic mass is 16.5. The van der Waals surface area contributed by atoms with Crippen molar-refractivity contribution in [3.63, 3.8) is 0 Å². The number of ether oxygens (including phenoxy) is 1. The van der Waals surface area contributed by atoms with Crippen LogP contribution in [0, 0.1) is 0 Å². The number of aromatic hydroxyl groups is 1. The molecular weight excluding hydrogens is 306 g/mol. The number of amides is 1. The Morgan fingerprint density at radius 3 is 2.42 bits per heavy atom. The Morgan fingerprint density at radius 2 is 1.79 bits per heavy atom. The van der Waals surface area contributed by atoms with Gasteiger partial charge in [0, 0.05) is 12.6 Å². The minimum atomic E-state index is -0.636. The molecule has 2 aromatic carbocycles. The molecule has 0 bridgehead atoms. The quantitative estimate of drug-likeness (QED) is 0.828. The van der Waals surface area contributed by atoms with Gasteiger partial charge in [0.05, 0.1) is 5.56 Å². The zero-order valence-electron chi connectivity index (χ0n) is 13.8. The van der Waals surface area contributed by atoms with E-state index in [9.17, 15) is 14.7 Å². The molecule has 1 amide bonds. The van der Waals surface area contributed by atoms with Crippen molar-refractivity contribution in [2.24, 2.45) is 0 Å². The minimum Gasteiger partial charge on any atom is -0.508 e. The van der Waals surface area contributed by atoms with Crippen LogP contribution < -0.4 is 0 Å². The van der Waals surface area contributed by atoms with E-state index in [-0.39, 0.29) is 29.9 Å². The lowest BCUT2D eigenvalue weighted by Crippen LogP contribution is -2.39. The molecule has 0 aliphatic rings. The summed E-state index contributed by atoms with van der Waals surface area (Å²) >= 11 is 0. The molecule has 126 valence electrons. The lowest BCUT2D eigenvalue weighted by Gasteiger charge is -2.26. The van der Waals surface area contributed by atoms with Gasteiger partial charge in [-0.2, -0.15) is 0 Å². The third-order valence-electron chi connectivity index (χ3n) is 3.55. The number of phenolic OH excluding ortho intramolecular Hbond substituents is 1. The first kappa shape index (κ1) is 17.5. The lowest BCUT2D eigenvalue weighted by atomic mass is 10.2. The van der Waals surface area contributed by atoms with Gasteiger partial charge in [-0.1, -0.05) is 36.4 Å². The molecule has 0 aromatic heterocycles. The second kappa shape index (κ2) is 8.15. The van der Waals surface area contributed by atoms with Crippen LogP contribution in [0.25, 0.3) is 0 Å². The summed E-state index contributed by atoms with van der Waals surface area (Å²) < 4.78 is 5.07. The molecule has 2 aromatic rings. The molecule has 5 nitrogen and oxygen atoms in total. The molecule has 1 N–H and O–H groups in total. The Hall–Kier alpha value is -2.82. The number of carbonyl (C=O) groups is 2. The maximum Gasteiger partial charge on any atom is 0.338 e. The summed E-state index contributed by atoms with van der Waals surface area (Å²) in [6.45, 7) is 3.95. The van der Waals surface area contributed by atoms with Crippen LogP contribution in [0.1, 0.15) is 29.8 Å². The number of rotatable bonds is 6. The van der Waals surface area contributed by atoms with Crippen molar-refractivity contribution in [3.8, 4) is 5.75 Å². The summed E-state index contributed by atoms with van der Waals surface area (Å²) in [4.78, 5) is 26.0. The Kier molecular flexibility index (Phi) is 5.95. The monoisotopic (exact) mass is 327 g/mol. The highest BCUT2D eigenvalue weighted by Crippen LogP contribution is 2.13. The van der Waals surface area contributed by atoms with Crippen LogP contribution in [-0.2, 0) is 16.1 Å². The van der Waals surface area contributed by atoms with E-state index in [1.165, 1.54) is 18.2 Å². The van der Waals surface area contributed by atoms with Gasteiger partial charge in [-0.15, -0.1) is 0 Å². The summed E-state index contributed by atoms with van der Waals surface area (Å²) in [5.41, 5.74) is 1.22. The average molecular weight is 327 g/mol. The summed E-state index contributed by atoms with van der Waals surface area (Å²) in [6.07, 6.45) is 0. The van der Waals surface area contributed by atoms with Crippen molar-refractivity contribution < 1.29 is 19.4 Å². The topological polar surface area (TPSA) is 66.8 Å². The van der Waals surface area contributed by atoms with Crippen molar-refractivity contribution in [1.29, 1.82) is 0 Å². The fourth-order valence-corrected chi connectivity index (χ4v) is 2.27. The highest BCUT2D eigenvalue weighted by molar-refractivity contribution is 5.91. The normalized spacial score (nSPS) is 10.5. The SMILES string of the molecule is CC(C)N(Cc1ccccc1)C(=O)COC(=O)c1cccc(O)c1. The van der Waals surface area contributed by atoms with Crippen LogP contribution >= 0.6 is 0 Å². The molecule has 0 fully saturated rings. The van der Waals surface area contributed by atoms with Gasteiger partial charge in [0.2, 0.25) is 0 Å². The van der Waals surface area contributed by atoms with Crippen molar-refractivity contribution in [2.75, 3.05) is 6.61 Å². The lowest BCUT2D eigenvalue weighted by molar-refractivity contribution is -0.136. The average Bonchev–Trinajstić information content (AvgIpc) is 2.58.